The van der Waals surface area contributed by atoms with Gasteiger partial charge in [-0.3, -0.25) is 0 Å². The molecule has 0 saturated heterocycles. The third-order valence-corrected chi connectivity index (χ3v) is 10.4. The molecule has 4 aromatic rings. The first kappa shape index (κ1) is 27.7. The Balaban J connectivity index is 0.000000205. The second-order valence-electron chi connectivity index (χ2n) is 11.6. The normalized spacial score (nSPS) is 12.2. The summed E-state index contributed by atoms with van der Waals surface area (Å²) in [6.07, 6.45) is 4.31. The predicted octanol–water partition coefficient (Wildman–Crippen LogP) is 6.18. The van der Waals surface area contributed by atoms with Gasteiger partial charge >= 0.3 is 130 Å². The van der Waals surface area contributed by atoms with E-state index >= 15 is 0 Å². The van der Waals surface area contributed by atoms with Crippen molar-refractivity contribution in [2.75, 3.05) is 0 Å². The van der Waals surface area contributed by atoms with Gasteiger partial charge < -0.3 is 4.74 Å². The zero-order chi connectivity index (χ0) is 26.9. The molecule has 4 rings (SSSR count). The molecule has 36 heavy (non-hydrogen) atoms. The predicted molar refractivity (Wildman–Crippen MR) is 146 cm³/mol. The Hall–Kier alpha value is -2.88. The Morgan fingerprint density at radius 3 is 1.86 bits per heavy atom. The SMILES string of the molecule is CC(C)(C)OC(=O)n1[c]([Sn]([CH3])([CH3])[CH3])cc2cccnc21.CC(C)(C)OC(=O)n1ccc2cccnc21. The largest absolute Gasteiger partial charge is 0.443 e. The van der Waals surface area contributed by atoms with Crippen LogP contribution < -0.4 is 3.71 Å². The fraction of sp³-hybridized carbons (Fsp3) is 0.407. The summed E-state index contributed by atoms with van der Waals surface area (Å²) in [4.78, 5) is 39.7. The number of nitrogens with zero attached hydrogens (tertiary/aromatic N) is 4. The Labute approximate surface area is 216 Å². The van der Waals surface area contributed by atoms with Gasteiger partial charge in [-0.1, -0.05) is 0 Å². The summed E-state index contributed by atoms with van der Waals surface area (Å²) in [6, 6.07) is 11.6. The molecule has 8 nitrogen and oxygen atoms in total. The maximum absolute atomic E-state index is 12.5. The fourth-order valence-electron chi connectivity index (χ4n) is 3.50. The molecule has 0 amide bonds. The average molecular weight is 599 g/mol. The number of hydrogen-bond donors (Lipinski definition) is 0. The molecule has 4 aromatic heterocycles. The molecular weight excluding hydrogens is 563 g/mol. The van der Waals surface area contributed by atoms with E-state index in [0.29, 0.717) is 11.3 Å². The van der Waals surface area contributed by atoms with Gasteiger partial charge in [-0.2, -0.15) is 0 Å². The van der Waals surface area contributed by atoms with Gasteiger partial charge in [0.25, 0.3) is 0 Å². The van der Waals surface area contributed by atoms with Crippen molar-refractivity contribution in [2.24, 2.45) is 0 Å². The number of pyridine rings is 2. The third kappa shape index (κ3) is 6.87. The number of hydrogen-bond acceptors (Lipinski definition) is 6. The van der Waals surface area contributed by atoms with Crippen LogP contribution >= 0.6 is 0 Å². The maximum atomic E-state index is 12.5. The molecule has 0 aromatic carbocycles. The number of aromatic nitrogens is 4. The molecule has 192 valence electrons. The first-order valence-electron chi connectivity index (χ1n) is 11.9. The van der Waals surface area contributed by atoms with Gasteiger partial charge in [0.15, 0.2) is 0 Å². The van der Waals surface area contributed by atoms with E-state index in [4.69, 9.17) is 9.47 Å². The summed E-state index contributed by atoms with van der Waals surface area (Å²) in [6.45, 7) is 11.1. The molecule has 4 heterocycles. The summed E-state index contributed by atoms with van der Waals surface area (Å²) in [7, 11) is 0. The zero-order valence-electron chi connectivity index (χ0n) is 22.6. The van der Waals surface area contributed by atoms with Crippen LogP contribution in [-0.4, -0.2) is 60.9 Å². The second kappa shape index (κ2) is 10.2. The molecule has 0 fully saturated rings. The van der Waals surface area contributed by atoms with Crippen LogP contribution in [0.4, 0.5) is 9.59 Å². The van der Waals surface area contributed by atoms with Crippen LogP contribution in [0.25, 0.3) is 22.1 Å². The summed E-state index contributed by atoms with van der Waals surface area (Å²) in [5.74, 6) is 0. The van der Waals surface area contributed by atoms with Gasteiger partial charge in [0.2, 0.25) is 0 Å². The van der Waals surface area contributed by atoms with Crippen LogP contribution in [0.1, 0.15) is 41.5 Å². The number of ether oxygens (including phenoxy) is 2. The molecule has 0 unspecified atom stereocenters. The minimum absolute atomic E-state index is 0.326. The third-order valence-electron chi connectivity index (χ3n) is 4.94. The van der Waals surface area contributed by atoms with Crippen LogP contribution in [0.2, 0.25) is 14.8 Å². The van der Waals surface area contributed by atoms with Gasteiger partial charge in [-0.05, 0) is 39.0 Å². The molecular formula is C27H36N4O4Sn. The molecule has 0 N–H and O–H groups in total. The Morgan fingerprint density at radius 1 is 0.778 bits per heavy atom. The Morgan fingerprint density at radius 2 is 1.31 bits per heavy atom. The number of fused-ring (bicyclic) bond motifs is 2. The van der Waals surface area contributed by atoms with E-state index in [-0.39, 0.29) is 6.09 Å². The Bertz CT molecular complexity index is 1380. The minimum Gasteiger partial charge on any atom is -0.443 e. The first-order chi connectivity index (χ1) is 16.6. The zero-order valence-corrected chi connectivity index (χ0v) is 25.5. The van der Waals surface area contributed by atoms with Crippen molar-refractivity contribution in [1.82, 2.24) is 19.1 Å². The van der Waals surface area contributed by atoms with E-state index < -0.39 is 35.7 Å². The molecule has 0 radical (unpaired) electrons. The van der Waals surface area contributed by atoms with Crippen molar-refractivity contribution in [3.8, 4) is 0 Å². The van der Waals surface area contributed by atoms with Crippen LogP contribution in [0.3, 0.4) is 0 Å². The molecule has 0 atom stereocenters. The molecule has 0 aliphatic rings. The smallest absolute Gasteiger partial charge is 0.420 e. The van der Waals surface area contributed by atoms with Crippen molar-refractivity contribution in [3.05, 3.63) is 55.0 Å². The Kier molecular flexibility index (Phi) is 7.88. The maximum Gasteiger partial charge on any atom is 0.420 e. The van der Waals surface area contributed by atoms with Gasteiger partial charge in [-0.15, -0.1) is 0 Å². The van der Waals surface area contributed by atoms with Crippen molar-refractivity contribution in [2.45, 2.75) is 67.6 Å². The van der Waals surface area contributed by atoms with Gasteiger partial charge in [0.05, 0.1) is 0 Å². The molecule has 0 aliphatic heterocycles. The van der Waals surface area contributed by atoms with Gasteiger partial charge in [-0.25, -0.2) is 14.3 Å². The topological polar surface area (TPSA) is 88.2 Å². The molecule has 0 aliphatic carbocycles. The molecule has 0 saturated carbocycles. The van der Waals surface area contributed by atoms with Crippen molar-refractivity contribution >= 4 is 56.3 Å². The van der Waals surface area contributed by atoms with Crippen LogP contribution in [0.15, 0.2) is 55.0 Å². The van der Waals surface area contributed by atoms with Gasteiger partial charge in [0, 0.05) is 17.8 Å². The average Bonchev–Trinajstić information content (AvgIpc) is 3.33. The van der Waals surface area contributed by atoms with Crippen LogP contribution in [0.5, 0.6) is 0 Å². The number of carbonyl (C=O) groups excluding carboxylic acids is 2. The summed E-state index contributed by atoms with van der Waals surface area (Å²) < 4.78 is 15.0. The van der Waals surface area contributed by atoms with E-state index in [0.717, 1.165) is 14.5 Å². The van der Waals surface area contributed by atoms with Gasteiger partial charge in [0.1, 0.15) is 11.2 Å². The van der Waals surface area contributed by atoms with Crippen molar-refractivity contribution < 1.29 is 19.1 Å². The van der Waals surface area contributed by atoms with E-state index in [1.807, 2.05) is 71.9 Å². The molecule has 0 bridgehead atoms. The molecule has 9 heteroatoms. The molecule has 0 spiro atoms. The van der Waals surface area contributed by atoms with Crippen molar-refractivity contribution in [1.29, 1.82) is 0 Å². The minimum atomic E-state index is -2.45. The first-order valence-corrected chi connectivity index (χ1v) is 21.9. The number of rotatable bonds is 1. The monoisotopic (exact) mass is 600 g/mol. The summed E-state index contributed by atoms with van der Waals surface area (Å²) >= 11 is -2.45. The van der Waals surface area contributed by atoms with Crippen LogP contribution in [-0.2, 0) is 9.47 Å². The van der Waals surface area contributed by atoms with E-state index in [1.165, 1.54) is 4.57 Å². The fourth-order valence-corrected chi connectivity index (χ4v) is 7.66. The second-order valence-corrected chi connectivity index (χ2v) is 25.9. The quantitative estimate of drug-likeness (QED) is 0.243. The standard InChI is InChI=1S/C12H14N2O2.C12H13N2O2.3CH3.Sn/c2*1-12(2,3)16-11(15)14-8-6-9-5-4-7-13-10(9)14;;;;/h4-8H,1-3H3;4-7H,1-3H3;3*1H3;. The van der Waals surface area contributed by atoms with Crippen molar-refractivity contribution in [3.63, 3.8) is 0 Å². The van der Waals surface area contributed by atoms with E-state index in [1.54, 1.807) is 23.2 Å². The number of carbonyl (C=O) groups is 2. The summed E-state index contributed by atoms with van der Waals surface area (Å²) in [5.41, 5.74) is 0.315. The van der Waals surface area contributed by atoms with E-state index in [9.17, 15) is 9.59 Å². The summed E-state index contributed by atoms with van der Waals surface area (Å²) in [5, 5.41) is 1.92. The van der Waals surface area contributed by atoms with Crippen LogP contribution in [0, 0.1) is 0 Å². The van der Waals surface area contributed by atoms with E-state index in [2.05, 4.69) is 30.9 Å².